The Morgan fingerprint density at radius 3 is 2.33 bits per heavy atom. The largest absolute Gasteiger partial charge is 0.395 e. The molecule has 0 saturated heterocycles. The third kappa shape index (κ3) is 2.34. The summed E-state index contributed by atoms with van der Waals surface area (Å²) in [4.78, 5) is 11.4. The summed E-state index contributed by atoms with van der Waals surface area (Å²) in [6.45, 7) is 0. The van der Waals surface area contributed by atoms with Crippen molar-refractivity contribution in [1.29, 1.82) is 0 Å². The normalized spacial score (nSPS) is 29.1. The van der Waals surface area contributed by atoms with Gasteiger partial charge in [-0.05, 0) is 24.7 Å². The molecule has 0 aliphatic heterocycles. The van der Waals surface area contributed by atoms with E-state index in [4.69, 9.17) is 0 Å². The van der Waals surface area contributed by atoms with E-state index in [1.807, 2.05) is 0 Å². The molecule has 0 bridgehead atoms. The zero-order chi connectivity index (χ0) is 11.1. The summed E-state index contributed by atoms with van der Waals surface area (Å²) in [5, 5.41) is 0. The summed E-state index contributed by atoms with van der Waals surface area (Å²) in [5.41, 5.74) is -0.0133. The molecule has 1 atom stereocenters. The van der Waals surface area contributed by atoms with Crippen LogP contribution >= 0.6 is 0 Å². The van der Waals surface area contributed by atoms with Gasteiger partial charge < -0.3 is 0 Å². The lowest BCUT2D eigenvalue weighted by atomic mass is 9.83. The number of hydrogen-bond donors (Lipinski definition) is 0. The number of rotatable bonds is 2. The first kappa shape index (κ1) is 11.0. The molecule has 2 aliphatic carbocycles. The van der Waals surface area contributed by atoms with Crippen LogP contribution in [0.2, 0.25) is 0 Å². The van der Waals surface area contributed by atoms with Crippen molar-refractivity contribution in [1.82, 2.24) is 0 Å². The molecule has 0 amide bonds. The van der Waals surface area contributed by atoms with Gasteiger partial charge in [-0.2, -0.15) is 13.2 Å². The maximum Gasteiger partial charge on any atom is 0.395 e. The molecule has 0 aromatic rings. The summed E-state index contributed by atoms with van der Waals surface area (Å²) in [6.07, 6.45) is 0.410. The van der Waals surface area contributed by atoms with E-state index in [0.29, 0.717) is 6.42 Å². The molecule has 86 valence electrons. The maximum atomic E-state index is 12.0. The lowest BCUT2D eigenvalue weighted by molar-refractivity contribution is -0.153. The summed E-state index contributed by atoms with van der Waals surface area (Å²) in [5.74, 6) is -0.858. The molecule has 2 fully saturated rings. The molecule has 2 rings (SSSR count). The van der Waals surface area contributed by atoms with E-state index in [9.17, 15) is 18.0 Å². The molecule has 1 spiro atoms. The Labute approximate surface area is 87.0 Å². The lowest BCUT2D eigenvalue weighted by Gasteiger charge is -2.22. The summed E-state index contributed by atoms with van der Waals surface area (Å²) >= 11 is 0. The maximum absolute atomic E-state index is 12.0. The van der Waals surface area contributed by atoms with Crippen LogP contribution in [0.1, 0.15) is 44.9 Å². The fourth-order valence-corrected chi connectivity index (χ4v) is 2.93. The molecule has 0 heterocycles. The van der Waals surface area contributed by atoms with Gasteiger partial charge >= 0.3 is 6.18 Å². The highest BCUT2D eigenvalue weighted by molar-refractivity contribution is 5.85. The molecule has 0 aromatic heterocycles. The van der Waals surface area contributed by atoms with E-state index in [2.05, 4.69) is 0 Å². The Morgan fingerprint density at radius 1 is 1.20 bits per heavy atom. The molecule has 2 aliphatic rings. The zero-order valence-electron chi connectivity index (χ0n) is 8.57. The predicted octanol–water partition coefficient (Wildman–Crippen LogP) is 3.48. The third-order valence-corrected chi connectivity index (χ3v) is 3.80. The van der Waals surface area contributed by atoms with Crippen LogP contribution in [-0.4, -0.2) is 12.0 Å². The van der Waals surface area contributed by atoms with Gasteiger partial charge in [0.25, 0.3) is 0 Å². The van der Waals surface area contributed by atoms with E-state index in [-0.39, 0.29) is 11.3 Å². The topological polar surface area (TPSA) is 17.1 Å². The van der Waals surface area contributed by atoms with Crippen molar-refractivity contribution in [3.8, 4) is 0 Å². The fraction of sp³-hybridized carbons (Fsp3) is 0.909. The second kappa shape index (κ2) is 3.49. The van der Waals surface area contributed by atoms with Crippen LogP contribution in [0.3, 0.4) is 0 Å². The highest BCUT2D eigenvalue weighted by Crippen LogP contribution is 2.62. The molecule has 1 unspecified atom stereocenters. The van der Waals surface area contributed by atoms with Gasteiger partial charge in [0.2, 0.25) is 0 Å². The lowest BCUT2D eigenvalue weighted by Crippen LogP contribution is -2.20. The molecule has 0 radical (unpaired) electrons. The Hall–Kier alpha value is -0.540. The standard InChI is InChI=1S/C11H15F3O/c12-11(13,14)7-9(15)8-6-10(8)4-2-1-3-5-10/h8H,1-7H2. The average molecular weight is 220 g/mol. The SMILES string of the molecule is O=C(CC(F)(F)F)C1CC12CCCCC2. The van der Waals surface area contributed by atoms with Crippen molar-refractivity contribution in [3.05, 3.63) is 0 Å². The summed E-state index contributed by atoms with van der Waals surface area (Å²) in [6, 6.07) is 0. The van der Waals surface area contributed by atoms with E-state index >= 15 is 0 Å². The van der Waals surface area contributed by atoms with Crippen molar-refractivity contribution in [2.45, 2.75) is 51.1 Å². The van der Waals surface area contributed by atoms with Crippen molar-refractivity contribution in [2.24, 2.45) is 11.3 Å². The van der Waals surface area contributed by atoms with Gasteiger partial charge in [0, 0.05) is 5.92 Å². The van der Waals surface area contributed by atoms with Gasteiger partial charge in [0.1, 0.15) is 12.2 Å². The minimum Gasteiger partial charge on any atom is -0.299 e. The van der Waals surface area contributed by atoms with Gasteiger partial charge in [0.15, 0.2) is 0 Å². The first-order valence-corrected chi connectivity index (χ1v) is 5.52. The minimum absolute atomic E-state index is 0.0133. The second-order valence-electron chi connectivity index (χ2n) is 4.94. The Morgan fingerprint density at radius 2 is 1.80 bits per heavy atom. The summed E-state index contributed by atoms with van der Waals surface area (Å²) < 4.78 is 36.1. The number of alkyl halides is 3. The third-order valence-electron chi connectivity index (χ3n) is 3.80. The molecule has 1 nitrogen and oxygen atoms in total. The van der Waals surface area contributed by atoms with Gasteiger partial charge in [0.05, 0.1) is 0 Å². The number of hydrogen-bond acceptors (Lipinski definition) is 1. The monoisotopic (exact) mass is 220 g/mol. The van der Waals surface area contributed by atoms with Crippen LogP contribution in [-0.2, 0) is 4.79 Å². The predicted molar refractivity (Wildman–Crippen MR) is 49.3 cm³/mol. The average Bonchev–Trinajstić information content (AvgIpc) is 2.78. The van der Waals surface area contributed by atoms with Crippen LogP contribution in [0, 0.1) is 11.3 Å². The number of carbonyl (C=O) groups is 1. The number of carbonyl (C=O) groups excluding carboxylic acids is 1. The number of halogens is 3. The van der Waals surface area contributed by atoms with Crippen LogP contribution in [0.4, 0.5) is 13.2 Å². The van der Waals surface area contributed by atoms with Gasteiger partial charge in [-0.25, -0.2) is 0 Å². The van der Waals surface area contributed by atoms with Crippen molar-refractivity contribution in [2.75, 3.05) is 0 Å². The van der Waals surface area contributed by atoms with Crippen molar-refractivity contribution < 1.29 is 18.0 Å². The second-order valence-corrected chi connectivity index (χ2v) is 4.94. The van der Waals surface area contributed by atoms with E-state index in [0.717, 1.165) is 25.7 Å². The summed E-state index contributed by atoms with van der Waals surface area (Å²) in [7, 11) is 0. The molecule has 4 heteroatoms. The van der Waals surface area contributed by atoms with Gasteiger partial charge in [-0.15, -0.1) is 0 Å². The van der Waals surface area contributed by atoms with E-state index < -0.39 is 18.4 Å². The quantitative estimate of drug-likeness (QED) is 0.696. The molecule has 0 aromatic carbocycles. The zero-order valence-corrected chi connectivity index (χ0v) is 8.57. The Balaban J connectivity index is 1.89. The van der Waals surface area contributed by atoms with Crippen molar-refractivity contribution >= 4 is 5.78 Å². The first-order valence-electron chi connectivity index (χ1n) is 5.52. The van der Waals surface area contributed by atoms with Crippen LogP contribution in [0.15, 0.2) is 0 Å². The van der Waals surface area contributed by atoms with Crippen LogP contribution in [0.5, 0.6) is 0 Å². The van der Waals surface area contributed by atoms with Gasteiger partial charge in [-0.3, -0.25) is 4.79 Å². The molecular weight excluding hydrogens is 205 g/mol. The highest BCUT2D eigenvalue weighted by atomic mass is 19.4. The van der Waals surface area contributed by atoms with E-state index in [1.165, 1.54) is 6.42 Å². The molecular formula is C11H15F3O. The first-order chi connectivity index (χ1) is 6.93. The number of Topliss-reactive ketones (excluding diaryl/α,β-unsaturated/α-hetero) is 1. The highest BCUT2D eigenvalue weighted by Gasteiger charge is 2.58. The van der Waals surface area contributed by atoms with Crippen molar-refractivity contribution in [3.63, 3.8) is 0 Å². The van der Waals surface area contributed by atoms with Crippen LogP contribution < -0.4 is 0 Å². The Bertz CT molecular complexity index is 263. The molecule has 15 heavy (non-hydrogen) atoms. The van der Waals surface area contributed by atoms with E-state index in [1.54, 1.807) is 0 Å². The Kier molecular flexibility index (Phi) is 2.55. The molecule has 2 saturated carbocycles. The number of ketones is 1. The smallest absolute Gasteiger partial charge is 0.299 e. The molecule has 0 N–H and O–H groups in total. The minimum atomic E-state index is -4.32. The fourth-order valence-electron chi connectivity index (χ4n) is 2.93. The van der Waals surface area contributed by atoms with Gasteiger partial charge in [-0.1, -0.05) is 19.3 Å². The van der Waals surface area contributed by atoms with Crippen LogP contribution in [0.25, 0.3) is 0 Å².